The van der Waals surface area contributed by atoms with Gasteiger partial charge in [0, 0.05) is 24.8 Å². The molecular formula is C14H20N4O2. The lowest BCUT2D eigenvalue weighted by atomic mass is 10.0. The molecule has 1 unspecified atom stereocenters. The quantitative estimate of drug-likeness (QED) is 0.840. The number of piperidine rings is 1. The predicted molar refractivity (Wildman–Crippen MR) is 74.6 cm³/mol. The minimum absolute atomic E-state index is 0.0730. The molecule has 0 spiro atoms. The number of nitrogens with zero attached hydrogens (tertiary/aromatic N) is 2. The highest BCUT2D eigenvalue weighted by atomic mass is 16.2. The second kappa shape index (κ2) is 5.75. The number of amides is 1. The molecule has 1 aromatic rings. The van der Waals surface area contributed by atoms with E-state index in [-0.39, 0.29) is 11.5 Å². The van der Waals surface area contributed by atoms with Crippen LogP contribution >= 0.6 is 0 Å². The molecule has 2 N–H and O–H groups in total. The van der Waals surface area contributed by atoms with Gasteiger partial charge in [-0.3, -0.25) is 9.59 Å². The van der Waals surface area contributed by atoms with Gasteiger partial charge in [-0.1, -0.05) is 6.42 Å². The smallest absolute Gasteiger partial charge is 0.274 e. The Morgan fingerprint density at radius 1 is 1.35 bits per heavy atom. The summed E-state index contributed by atoms with van der Waals surface area (Å²) in [5.74, 6) is -0.0730. The SMILES string of the molecule is O=C(c1c[nH]c(=O)cn1)N(CC1CCCCN1)C1CC1. The molecule has 1 aliphatic carbocycles. The third-order valence-corrected chi connectivity index (χ3v) is 3.97. The fraction of sp³-hybridized carbons (Fsp3) is 0.643. The summed E-state index contributed by atoms with van der Waals surface area (Å²) in [4.78, 5) is 31.9. The predicted octanol–water partition coefficient (Wildman–Crippen LogP) is 0.517. The summed E-state index contributed by atoms with van der Waals surface area (Å²) in [6, 6.07) is 0.732. The number of H-pyrrole nitrogens is 1. The Kier molecular flexibility index (Phi) is 3.82. The summed E-state index contributed by atoms with van der Waals surface area (Å²) in [6.45, 7) is 1.78. The van der Waals surface area contributed by atoms with Gasteiger partial charge in [-0.05, 0) is 32.2 Å². The Hall–Kier alpha value is -1.69. The summed E-state index contributed by atoms with van der Waals surface area (Å²) in [5.41, 5.74) is 0.0424. The van der Waals surface area contributed by atoms with Gasteiger partial charge >= 0.3 is 0 Å². The van der Waals surface area contributed by atoms with Crippen molar-refractivity contribution in [2.45, 2.75) is 44.2 Å². The standard InChI is InChI=1S/C14H20N4O2/c19-13-8-16-12(7-17-13)14(20)18(11-4-5-11)9-10-3-1-2-6-15-10/h7-8,10-11,15H,1-6,9H2,(H,17,19). The van der Waals surface area contributed by atoms with Crippen LogP contribution in [-0.2, 0) is 0 Å². The van der Waals surface area contributed by atoms with Gasteiger partial charge in [-0.25, -0.2) is 4.98 Å². The molecule has 1 amide bonds. The molecule has 2 fully saturated rings. The Balaban J connectivity index is 1.71. The van der Waals surface area contributed by atoms with Crippen LogP contribution in [0.1, 0.15) is 42.6 Å². The zero-order chi connectivity index (χ0) is 13.9. The van der Waals surface area contributed by atoms with E-state index in [0.29, 0.717) is 17.8 Å². The molecule has 2 aliphatic rings. The molecule has 0 radical (unpaired) electrons. The zero-order valence-electron chi connectivity index (χ0n) is 11.5. The molecule has 1 saturated heterocycles. The summed E-state index contributed by atoms with van der Waals surface area (Å²) in [6.07, 6.45) is 8.28. The van der Waals surface area contributed by atoms with Crippen LogP contribution in [0.25, 0.3) is 0 Å². The number of carbonyl (C=O) groups excluding carboxylic acids is 1. The van der Waals surface area contributed by atoms with Crippen molar-refractivity contribution < 1.29 is 4.79 Å². The molecule has 1 saturated carbocycles. The first-order valence-corrected chi connectivity index (χ1v) is 7.33. The minimum atomic E-state index is -0.284. The highest BCUT2D eigenvalue weighted by Gasteiger charge is 2.35. The van der Waals surface area contributed by atoms with Gasteiger partial charge in [0.15, 0.2) is 0 Å². The molecule has 1 atom stereocenters. The van der Waals surface area contributed by atoms with E-state index in [1.54, 1.807) is 0 Å². The molecule has 6 heteroatoms. The van der Waals surface area contributed by atoms with Crippen molar-refractivity contribution in [2.24, 2.45) is 0 Å². The van der Waals surface area contributed by atoms with Crippen LogP contribution in [0.4, 0.5) is 0 Å². The number of aromatic amines is 1. The third-order valence-electron chi connectivity index (χ3n) is 3.97. The van der Waals surface area contributed by atoms with Crippen LogP contribution in [0.3, 0.4) is 0 Å². The minimum Gasteiger partial charge on any atom is -0.333 e. The largest absolute Gasteiger partial charge is 0.333 e. The summed E-state index contributed by atoms with van der Waals surface area (Å²) < 4.78 is 0. The van der Waals surface area contributed by atoms with Crippen molar-refractivity contribution in [2.75, 3.05) is 13.1 Å². The Morgan fingerprint density at radius 2 is 2.20 bits per heavy atom. The molecule has 6 nitrogen and oxygen atoms in total. The van der Waals surface area contributed by atoms with Crippen molar-refractivity contribution >= 4 is 5.91 Å². The second-order valence-electron chi connectivity index (χ2n) is 5.63. The van der Waals surface area contributed by atoms with Crippen molar-refractivity contribution in [3.63, 3.8) is 0 Å². The second-order valence-corrected chi connectivity index (χ2v) is 5.63. The monoisotopic (exact) mass is 276 g/mol. The zero-order valence-corrected chi connectivity index (χ0v) is 11.5. The highest BCUT2D eigenvalue weighted by molar-refractivity contribution is 5.92. The fourth-order valence-corrected chi connectivity index (χ4v) is 2.71. The fourth-order valence-electron chi connectivity index (χ4n) is 2.71. The van der Waals surface area contributed by atoms with Gasteiger partial charge in [0.1, 0.15) is 5.69 Å². The van der Waals surface area contributed by atoms with E-state index in [4.69, 9.17) is 0 Å². The molecule has 2 heterocycles. The lowest BCUT2D eigenvalue weighted by molar-refractivity contribution is 0.0711. The normalized spacial score (nSPS) is 22.5. The Bertz CT molecular complexity index is 512. The first-order chi connectivity index (χ1) is 9.74. The maximum atomic E-state index is 12.5. The van der Waals surface area contributed by atoms with Crippen molar-refractivity contribution in [1.82, 2.24) is 20.2 Å². The summed E-state index contributed by atoms with van der Waals surface area (Å²) in [5, 5.41) is 3.48. The van der Waals surface area contributed by atoms with E-state index in [2.05, 4.69) is 15.3 Å². The average molecular weight is 276 g/mol. The van der Waals surface area contributed by atoms with Crippen LogP contribution in [-0.4, -0.2) is 45.9 Å². The van der Waals surface area contributed by atoms with Gasteiger partial charge in [0.2, 0.25) is 0 Å². The number of aromatic nitrogens is 2. The maximum absolute atomic E-state index is 12.5. The number of nitrogens with one attached hydrogen (secondary N) is 2. The van der Waals surface area contributed by atoms with Crippen LogP contribution < -0.4 is 10.9 Å². The van der Waals surface area contributed by atoms with Crippen LogP contribution in [0.15, 0.2) is 17.2 Å². The number of hydrogen-bond donors (Lipinski definition) is 2. The van der Waals surface area contributed by atoms with Crippen LogP contribution in [0.5, 0.6) is 0 Å². The van der Waals surface area contributed by atoms with Gasteiger partial charge in [-0.2, -0.15) is 0 Å². The first-order valence-electron chi connectivity index (χ1n) is 7.33. The van der Waals surface area contributed by atoms with E-state index >= 15 is 0 Å². The van der Waals surface area contributed by atoms with Gasteiger partial charge < -0.3 is 15.2 Å². The van der Waals surface area contributed by atoms with E-state index in [1.807, 2.05) is 4.90 Å². The van der Waals surface area contributed by atoms with E-state index in [0.717, 1.165) is 38.5 Å². The first kappa shape index (κ1) is 13.3. The molecule has 1 aromatic heterocycles. The maximum Gasteiger partial charge on any atom is 0.274 e. The third kappa shape index (κ3) is 3.07. The average Bonchev–Trinajstić information content (AvgIpc) is 3.30. The van der Waals surface area contributed by atoms with Gasteiger partial charge in [0.05, 0.1) is 6.20 Å². The molecule has 3 rings (SSSR count). The summed E-state index contributed by atoms with van der Waals surface area (Å²) in [7, 11) is 0. The van der Waals surface area contributed by atoms with Crippen molar-refractivity contribution in [1.29, 1.82) is 0 Å². The number of carbonyl (C=O) groups is 1. The molecule has 20 heavy (non-hydrogen) atoms. The number of rotatable bonds is 4. The number of hydrogen-bond acceptors (Lipinski definition) is 4. The van der Waals surface area contributed by atoms with Gasteiger partial charge in [0.25, 0.3) is 11.5 Å². The Labute approximate surface area is 117 Å². The van der Waals surface area contributed by atoms with E-state index < -0.39 is 0 Å². The van der Waals surface area contributed by atoms with Crippen LogP contribution in [0.2, 0.25) is 0 Å². The highest BCUT2D eigenvalue weighted by Crippen LogP contribution is 2.28. The van der Waals surface area contributed by atoms with E-state index in [9.17, 15) is 9.59 Å². The topological polar surface area (TPSA) is 78.1 Å². The Morgan fingerprint density at radius 3 is 2.80 bits per heavy atom. The lowest BCUT2D eigenvalue weighted by Crippen LogP contribution is -2.46. The molecular weight excluding hydrogens is 256 g/mol. The lowest BCUT2D eigenvalue weighted by Gasteiger charge is -2.30. The molecule has 0 aromatic carbocycles. The van der Waals surface area contributed by atoms with Crippen molar-refractivity contribution in [3.8, 4) is 0 Å². The van der Waals surface area contributed by atoms with Crippen LogP contribution in [0, 0.1) is 0 Å². The molecule has 108 valence electrons. The summed E-state index contributed by atoms with van der Waals surface area (Å²) >= 11 is 0. The molecule has 0 bridgehead atoms. The van der Waals surface area contributed by atoms with E-state index in [1.165, 1.54) is 19.0 Å². The van der Waals surface area contributed by atoms with Crippen molar-refractivity contribution in [3.05, 3.63) is 28.4 Å². The van der Waals surface area contributed by atoms with Gasteiger partial charge in [-0.15, -0.1) is 0 Å². The molecule has 1 aliphatic heterocycles.